The molecule has 0 saturated heterocycles. The van der Waals surface area contributed by atoms with Crippen molar-refractivity contribution in [2.75, 3.05) is 0 Å². The molecule has 1 N–H and O–H groups in total. The number of rotatable bonds is 14. The molecule has 31 heavy (non-hydrogen) atoms. The maximum Gasteiger partial charge on any atom is 0.0267 e. The van der Waals surface area contributed by atoms with E-state index in [0.29, 0.717) is 6.42 Å². The van der Waals surface area contributed by atoms with E-state index in [4.69, 9.17) is 0 Å². The number of carboxylic acids is 1. The van der Waals surface area contributed by atoms with Crippen molar-refractivity contribution in [1.82, 2.24) is 4.98 Å². The van der Waals surface area contributed by atoms with Crippen LogP contribution in [0.1, 0.15) is 83.1 Å². The molecule has 1 heterocycles. The molecule has 3 nitrogen and oxygen atoms in total. The van der Waals surface area contributed by atoms with Gasteiger partial charge in [-0.2, -0.15) is 0 Å². The first-order valence-electron chi connectivity index (χ1n) is 11.4. The Hall–Kier alpha value is -0.654. The van der Waals surface area contributed by atoms with Crippen LogP contribution in [0.5, 0.6) is 0 Å². The molecule has 0 aliphatic carbocycles. The number of hydrogen-bond acceptors (Lipinski definition) is 2. The Labute approximate surface area is 222 Å². The zero-order valence-electron chi connectivity index (χ0n) is 18.5. The van der Waals surface area contributed by atoms with Gasteiger partial charge in [-0.15, -0.1) is 0 Å². The van der Waals surface area contributed by atoms with E-state index >= 15 is 0 Å². The smallest absolute Gasteiger partial charge is 0.0267 e. The molecule has 0 aliphatic heterocycles. The second-order valence-corrected chi connectivity index (χ2v) is 7.72. The summed E-state index contributed by atoms with van der Waals surface area (Å²) in [5, 5.41) is 9.38. The van der Waals surface area contributed by atoms with Gasteiger partial charge in [0.05, 0.1) is 5.92 Å². The Morgan fingerprint density at radius 2 is 1.29 bits per heavy atom. The number of aromatic nitrogens is 1. The van der Waals surface area contributed by atoms with E-state index in [1.165, 1.54) is 57.8 Å². The molecular weight excluding hydrogens is 440 g/mol. The van der Waals surface area contributed by atoms with Gasteiger partial charge in [-0.3, -0.25) is 9.78 Å². The summed E-state index contributed by atoms with van der Waals surface area (Å²) < 4.78 is 0. The topological polar surface area (TPSA) is 50.2 Å². The van der Waals surface area contributed by atoms with Crippen LogP contribution in [-0.2, 0) is 28.0 Å². The van der Waals surface area contributed by atoms with Gasteiger partial charge in [0.25, 0.3) is 0 Å². The molecule has 0 amide bonds. The number of nitrogens with zero attached hydrogens (tertiary/aromatic N) is 1. The van der Waals surface area contributed by atoms with Crippen LogP contribution >= 0.6 is 0 Å². The van der Waals surface area contributed by atoms with Crippen LogP contribution in [0.25, 0.3) is 0 Å². The number of aliphatic carboxylic acids is 1. The molecule has 1 radical (unpaired) electrons. The molecule has 1 unspecified atom stereocenters. The van der Waals surface area contributed by atoms with Gasteiger partial charge in [0, 0.05) is 29.2 Å². The Balaban J connectivity index is 0. The summed E-state index contributed by atoms with van der Waals surface area (Å²) in [7, 11) is 0. The molecule has 1 aromatic heterocycles. The minimum absolute atomic E-state index is 0. The van der Waals surface area contributed by atoms with Crippen LogP contribution in [0.4, 0.5) is 0 Å². The predicted octanol–water partition coefficient (Wildman–Crippen LogP) is 6.67. The Bertz CT molecular complexity index is 587. The van der Waals surface area contributed by atoms with Crippen molar-refractivity contribution in [1.29, 1.82) is 0 Å². The summed E-state index contributed by atoms with van der Waals surface area (Å²) in [6.07, 6.45) is 17.9. The van der Waals surface area contributed by atoms with Crippen LogP contribution in [0.3, 0.4) is 0 Å². The third kappa shape index (κ3) is 19.7. The molecule has 171 valence electrons. The van der Waals surface area contributed by atoms with Gasteiger partial charge < -0.3 is 5.11 Å². The van der Waals surface area contributed by atoms with Crippen molar-refractivity contribution in [3.05, 3.63) is 66.5 Å². The minimum Gasteiger partial charge on any atom is -0.265 e. The molecule has 0 spiro atoms. The molecule has 0 fully saturated rings. The largest absolute Gasteiger partial charge is 0.265 e. The van der Waals surface area contributed by atoms with Crippen molar-refractivity contribution >= 4 is 35.5 Å². The summed E-state index contributed by atoms with van der Waals surface area (Å²) in [5.41, 5.74) is 1.13. The van der Waals surface area contributed by atoms with E-state index in [-0.39, 0.29) is 52.3 Å². The maximum absolute atomic E-state index is 11.4. The maximum atomic E-state index is 11.4. The van der Waals surface area contributed by atoms with E-state index in [0.717, 1.165) is 18.4 Å². The van der Waals surface area contributed by atoms with E-state index in [1.807, 2.05) is 48.5 Å². The normalized spacial score (nSPS) is 10.6. The van der Waals surface area contributed by atoms with Gasteiger partial charge in [0.2, 0.25) is 0 Å². The average molecular weight is 481 g/mol. The van der Waals surface area contributed by atoms with Gasteiger partial charge in [-0.05, 0) is 30.5 Å². The van der Waals surface area contributed by atoms with Gasteiger partial charge in [-0.1, -0.05) is 108 Å². The second kappa shape index (κ2) is 24.0. The third-order valence-electron chi connectivity index (χ3n) is 5.15. The first kappa shape index (κ1) is 32.5. The van der Waals surface area contributed by atoms with Crippen molar-refractivity contribution in [2.24, 2.45) is 5.92 Å². The van der Waals surface area contributed by atoms with Crippen molar-refractivity contribution in [2.45, 2.75) is 84.0 Å². The SMILES string of the molecule is CCCCCCCCCCCCC(Cc1ccccc1)C(=O)O.[Co].[NaH].c1ccncc1. The minimum atomic E-state index is -0.648. The predicted molar refractivity (Wildman–Crippen MR) is 129 cm³/mol. The number of hydrogen-bond donors (Lipinski definition) is 1. The zero-order chi connectivity index (χ0) is 21.0. The number of unbranched alkanes of at least 4 members (excludes halogenated alkanes) is 9. The molecule has 1 aromatic carbocycles. The van der Waals surface area contributed by atoms with E-state index in [1.54, 1.807) is 12.4 Å². The first-order chi connectivity index (χ1) is 14.2. The molecule has 0 aliphatic rings. The first-order valence-corrected chi connectivity index (χ1v) is 11.4. The van der Waals surface area contributed by atoms with E-state index < -0.39 is 5.97 Å². The standard InChI is InChI=1S/C21H34O2.C5H5N.Co.Na.H/c1-2-3-4-5-6-7-8-9-10-14-17-20(21(22)23)18-19-15-12-11-13-16-19;1-2-4-6-5-3-1;;;/h11-13,15-16,20H,2-10,14,17-18H2,1H3,(H,22,23);1-5H;;;. The number of pyridine rings is 1. The van der Waals surface area contributed by atoms with Gasteiger partial charge in [0.1, 0.15) is 0 Å². The number of carboxylic acid groups (broad SMARTS) is 1. The van der Waals surface area contributed by atoms with Crippen molar-refractivity contribution in [3.8, 4) is 0 Å². The third-order valence-corrected chi connectivity index (χ3v) is 5.15. The molecular formula is C26H40CoNNaO2. The van der Waals surface area contributed by atoms with Gasteiger partial charge >= 0.3 is 35.5 Å². The van der Waals surface area contributed by atoms with Gasteiger partial charge in [0.15, 0.2) is 0 Å². The Morgan fingerprint density at radius 3 is 1.71 bits per heavy atom. The van der Waals surface area contributed by atoms with Gasteiger partial charge in [-0.25, -0.2) is 0 Å². The van der Waals surface area contributed by atoms with Crippen LogP contribution in [-0.4, -0.2) is 45.6 Å². The average Bonchev–Trinajstić information content (AvgIpc) is 2.76. The fourth-order valence-corrected chi connectivity index (χ4v) is 3.40. The van der Waals surface area contributed by atoms with Crippen LogP contribution in [0.2, 0.25) is 0 Å². The zero-order valence-corrected chi connectivity index (χ0v) is 19.5. The number of carbonyl (C=O) groups is 1. The fourth-order valence-electron chi connectivity index (χ4n) is 3.40. The molecule has 0 bridgehead atoms. The fraction of sp³-hybridized carbons (Fsp3) is 0.538. The molecule has 0 saturated carbocycles. The molecule has 1 atom stereocenters. The quantitative estimate of drug-likeness (QED) is 0.243. The van der Waals surface area contributed by atoms with Crippen molar-refractivity contribution in [3.63, 3.8) is 0 Å². The Kier molecular flexibility index (Phi) is 25.2. The van der Waals surface area contributed by atoms with E-state index in [9.17, 15) is 9.90 Å². The summed E-state index contributed by atoms with van der Waals surface area (Å²) in [5.74, 6) is -0.878. The van der Waals surface area contributed by atoms with Crippen molar-refractivity contribution < 1.29 is 26.7 Å². The monoisotopic (exact) mass is 480 g/mol. The molecule has 2 rings (SSSR count). The number of benzene rings is 1. The second-order valence-electron chi connectivity index (χ2n) is 7.72. The Morgan fingerprint density at radius 1 is 0.806 bits per heavy atom. The van der Waals surface area contributed by atoms with Crippen LogP contribution < -0.4 is 0 Å². The van der Waals surface area contributed by atoms with Crippen LogP contribution in [0, 0.1) is 5.92 Å². The molecule has 2 aromatic rings. The van der Waals surface area contributed by atoms with E-state index in [2.05, 4.69) is 11.9 Å². The summed E-state index contributed by atoms with van der Waals surface area (Å²) in [4.78, 5) is 15.2. The molecule has 5 heteroatoms. The summed E-state index contributed by atoms with van der Waals surface area (Å²) in [6.45, 7) is 2.25. The summed E-state index contributed by atoms with van der Waals surface area (Å²) >= 11 is 0. The van der Waals surface area contributed by atoms with Crippen LogP contribution in [0.15, 0.2) is 60.9 Å². The summed E-state index contributed by atoms with van der Waals surface area (Å²) in [6, 6.07) is 15.7.